The third kappa shape index (κ3) is 4.51. The molecule has 2 aliphatic rings. The van der Waals surface area contributed by atoms with E-state index in [0.717, 1.165) is 25.9 Å². The maximum Gasteiger partial charge on any atom is 0.392 e. The molecule has 2 rings (SSSR count). The van der Waals surface area contributed by atoms with E-state index in [0.29, 0.717) is 24.7 Å². The summed E-state index contributed by atoms with van der Waals surface area (Å²) >= 11 is 0. The number of hydrogen-bond donors (Lipinski definition) is 1. The van der Waals surface area contributed by atoms with Gasteiger partial charge in [-0.25, -0.2) is 0 Å². The van der Waals surface area contributed by atoms with Crippen molar-refractivity contribution < 1.29 is 13.2 Å². The Morgan fingerprint density at radius 2 is 1.90 bits per heavy atom. The van der Waals surface area contributed by atoms with Crippen molar-refractivity contribution in [2.24, 2.45) is 28.5 Å². The van der Waals surface area contributed by atoms with Crippen molar-refractivity contribution >= 4 is 5.96 Å². The molecule has 1 saturated heterocycles. The molecule has 3 atom stereocenters. The predicted molar refractivity (Wildman–Crippen MR) is 78.0 cm³/mol. The lowest BCUT2D eigenvalue weighted by Crippen LogP contribution is -2.44. The van der Waals surface area contributed by atoms with Crippen LogP contribution in [0.1, 0.15) is 45.4 Å². The quantitative estimate of drug-likeness (QED) is 0.627. The van der Waals surface area contributed by atoms with Gasteiger partial charge in [-0.1, -0.05) is 19.8 Å². The molecule has 0 spiro atoms. The van der Waals surface area contributed by atoms with Crippen molar-refractivity contribution in [3.63, 3.8) is 0 Å². The summed E-state index contributed by atoms with van der Waals surface area (Å²) in [5, 5.41) is 0. The summed E-state index contributed by atoms with van der Waals surface area (Å²) in [7, 11) is 0. The first-order valence-corrected chi connectivity index (χ1v) is 7.99. The molecule has 0 unspecified atom stereocenters. The smallest absolute Gasteiger partial charge is 0.370 e. The number of likely N-dealkylation sites (tertiary alicyclic amines) is 1. The van der Waals surface area contributed by atoms with E-state index in [9.17, 15) is 13.2 Å². The summed E-state index contributed by atoms with van der Waals surface area (Å²) in [6.07, 6.45) is 0.544. The molecule has 1 aliphatic heterocycles. The average Bonchev–Trinajstić information content (AvgIpc) is 2.44. The fourth-order valence-electron chi connectivity index (χ4n) is 3.57. The summed E-state index contributed by atoms with van der Waals surface area (Å²) < 4.78 is 39.1. The van der Waals surface area contributed by atoms with Gasteiger partial charge in [0.2, 0.25) is 0 Å². The Morgan fingerprint density at radius 1 is 1.19 bits per heavy atom. The van der Waals surface area contributed by atoms with E-state index >= 15 is 0 Å². The largest absolute Gasteiger partial charge is 0.392 e. The van der Waals surface area contributed by atoms with Crippen LogP contribution in [-0.2, 0) is 0 Å². The number of piperidine rings is 1. The van der Waals surface area contributed by atoms with Crippen LogP contribution >= 0.6 is 0 Å². The van der Waals surface area contributed by atoms with Crippen LogP contribution in [0.3, 0.4) is 0 Å². The highest BCUT2D eigenvalue weighted by molar-refractivity contribution is 5.78. The molecule has 0 aromatic carbocycles. The Morgan fingerprint density at radius 3 is 2.57 bits per heavy atom. The zero-order chi connectivity index (χ0) is 15.5. The minimum absolute atomic E-state index is 0.209. The normalized spacial score (nSPS) is 32.3. The highest BCUT2D eigenvalue weighted by Crippen LogP contribution is 2.41. The number of rotatable bonds is 2. The Balaban J connectivity index is 1.94. The number of nitrogens with two attached hydrogens (primary N) is 1. The van der Waals surface area contributed by atoms with Crippen LogP contribution < -0.4 is 5.73 Å². The Labute approximate surface area is 124 Å². The number of halogens is 3. The van der Waals surface area contributed by atoms with Crippen LogP contribution in [0.15, 0.2) is 4.99 Å². The molecular formula is C15H26F3N3. The summed E-state index contributed by atoms with van der Waals surface area (Å²) in [5.74, 6) is -0.610. The second kappa shape index (κ2) is 6.88. The monoisotopic (exact) mass is 305 g/mol. The van der Waals surface area contributed by atoms with Crippen molar-refractivity contribution in [1.82, 2.24) is 4.90 Å². The van der Waals surface area contributed by atoms with E-state index in [2.05, 4.69) is 11.9 Å². The van der Waals surface area contributed by atoms with Crippen molar-refractivity contribution in [3.05, 3.63) is 0 Å². The van der Waals surface area contributed by atoms with Crippen LogP contribution in [-0.4, -0.2) is 36.7 Å². The van der Waals surface area contributed by atoms with Crippen molar-refractivity contribution in [1.29, 1.82) is 0 Å². The van der Waals surface area contributed by atoms with E-state index in [1.807, 2.05) is 4.90 Å². The first-order chi connectivity index (χ1) is 9.88. The van der Waals surface area contributed by atoms with Crippen molar-refractivity contribution in [3.8, 4) is 0 Å². The SMILES string of the molecule is C[C@@H]1CCCN(C(N)=NC[C@H]2CCCC[C@@H]2C(F)(F)F)C1. The predicted octanol–water partition coefficient (Wildman–Crippen LogP) is 3.40. The van der Waals surface area contributed by atoms with Gasteiger partial charge < -0.3 is 10.6 Å². The van der Waals surface area contributed by atoms with Gasteiger partial charge in [-0.3, -0.25) is 4.99 Å². The zero-order valence-electron chi connectivity index (χ0n) is 12.7. The maximum absolute atomic E-state index is 13.0. The number of alkyl halides is 3. The molecule has 122 valence electrons. The molecule has 2 fully saturated rings. The summed E-state index contributed by atoms with van der Waals surface area (Å²) in [4.78, 5) is 6.30. The minimum atomic E-state index is -4.10. The van der Waals surface area contributed by atoms with Crippen LogP contribution in [0.25, 0.3) is 0 Å². The summed E-state index contributed by atoms with van der Waals surface area (Å²) in [5.41, 5.74) is 5.98. The lowest BCUT2D eigenvalue weighted by atomic mass is 9.79. The molecule has 0 amide bonds. The lowest BCUT2D eigenvalue weighted by Gasteiger charge is -2.34. The van der Waals surface area contributed by atoms with Crippen molar-refractivity contribution in [2.75, 3.05) is 19.6 Å². The van der Waals surface area contributed by atoms with Gasteiger partial charge in [0.15, 0.2) is 5.96 Å². The third-order valence-corrected chi connectivity index (χ3v) is 4.80. The topological polar surface area (TPSA) is 41.6 Å². The number of nitrogens with zero attached hydrogens (tertiary/aromatic N) is 2. The van der Waals surface area contributed by atoms with Gasteiger partial charge in [0.25, 0.3) is 0 Å². The fraction of sp³-hybridized carbons (Fsp3) is 0.933. The van der Waals surface area contributed by atoms with Gasteiger partial charge in [0.05, 0.1) is 5.92 Å². The van der Waals surface area contributed by atoms with Crippen molar-refractivity contribution in [2.45, 2.75) is 51.6 Å². The summed E-state index contributed by atoms with van der Waals surface area (Å²) in [6.45, 7) is 4.11. The van der Waals surface area contributed by atoms with E-state index in [1.165, 1.54) is 6.42 Å². The van der Waals surface area contributed by atoms with E-state index in [-0.39, 0.29) is 13.0 Å². The first-order valence-electron chi connectivity index (χ1n) is 7.99. The number of aliphatic imine (C=N–C) groups is 1. The highest BCUT2D eigenvalue weighted by atomic mass is 19.4. The van der Waals surface area contributed by atoms with Gasteiger partial charge in [-0.05, 0) is 37.5 Å². The molecule has 0 aromatic rings. The van der Waals surface area contributed by atoms with Gasteiger partial charge in [0, 0.05) is 19.6 Å². The van der Waals surface area contributed by atoms with Gasteiger partial charge >= 0.3 is 6.18 Å². The van der Waals surface area contributed by atoms with E-state index < -0.39 is 18.0 Å². The van der Waals surface area contributed by atoms with Gasteiger partial charge in [-0.2, -0.15) is 13.2 Å². The van der Waals surface area contributed by atoms with Crippen LogP contribution in [0.2, 0.25) is 0 Å². The molecular weight excluding hydrogens is 279 g/mol. The van der Waals surface area contributed by atoms with Crippen LogP contribution in [0.4, 0.5) is 13.2 Å². The Kier molecular flexibility index (Phi) is 5.38. The number of hydrogen-bond acceptors (Lipinski definition) is 1. The van der Waals surface area contributed by atoms with Crippen LogP contribution in [0, 0.1) is 17.8 Å². The molecule has 0 radical (unpaired) electrons. The molecule has 1 saturated carbocycles. The molecule has 3 nitrogen and oxygen atoms in total. The maximum atomic E-state index is 13.0. The average molecular weight is 305 g/mol. The van der Waals surface area contributed by atoms with Crippen LogP contribution in [0.5, 0.6) is 0 Å². The second-order valence-electron chi connectivity index (χ2n) is 6.58. The molecule has 2 N–H and O–H groups in total. The fourth-order valence-corrected chi connectivity index (χ4v) is 3.57. The standard InChI is InChI=1S/C15H26F3N3/c1-11-5-4-8-21(10-11)14(19)20-9-12-6-2-3-7-13(12)15(16,17)18/h11-13H,2-10H2,1H3,(H2,19,20)/t11-,12-,13+/m1/s1. The molecule has 0 bridgehead atoms. The van der Waals surface area contributed by atoms with Gasteiger partial charge in [-0.15, -0.1) is 0 Å². The van der Waals surface area contributed by atoms with E-state index in [4.69, 9.17) is 5.73 Å². The zero-order valence-corrected chi connectivity index (χ0v) is 12.7. The first kappa shape index (κ1) is 16.4. The molecule has 1 heterocycles. The number of guanidine groups is 1. The van der Waals surface area contributed by atoms with Gasteiger partial charge in [0.1, 0.15) is 0 Å². The Bertz CT molecular complexity index is 368. The highest BCUT2D eigenvalue weighted by Gasteiger charge is 2.45. The molecule has 1 aliphatic carbocycles. The lowest BCUT2D eigenvalue weighted by molar-refractivity contribution is -0.195. The molecule has 21 heavy (non-hydrogen) atoms. The summed E-state index contributed by atoms with van der Waals surface area (Å²) in [6, 6.07) is 0. The molecule has 6 heteroatoms. The third-order valence-electron chi connectivity index (χ3n) is 4.80. The van der Waals surface area contributed by atoms with E-state index in [1.54, 1.807) is 0 Å². The molecule has 0 aromatic heterocycles. The minimum Gasteiger partial charge on any atom is -0.370 e. The second-order valence-corrected chi connectivity index (χ2v) is 6.58. The Hall–Kier alpha value is -0.940.